The van der Waals surface area contributed by atoms with E-state index >= 15 is 0 Å². The Morgan fingerprint density at radius 2 is 1.74 bits per heavy atom. The van der Waals surface area contributed by atoms with Crippen LogP contribution < -0.4 is 9.47 Å². The van der Waals surface area contributed by atoms with Crippen molar-refractivity contribution in [3.63, 3.8) is 0 Å². The molecule has 2 aromatic carbocycles. The average molecular weight is 461 g/mol. The lowest BCUT2D eigenvalue weighted by atomic mass is 9.85. The van der Waals surface area contributed by atoms with Crippen molar-refractivity contribution in [3.05, 3.63) is 75.9 Å². The van der Waals surface area contributed by atoms with E-state index in [0.29, 0.717) is 5.75 Å². The van der Waals surface area contributed by atoms with Crippen LogP contribution in [0.5, 0.6) is 11.5 Å². The van der Waals surface area contributed by atoms with Crippen molar-refractivity contribution in [2.45, 2.75) is 6.42 Å². The predicted molar refractivity (Wildman–Crippen MR) is 118 cm³/mol. The van der Waals surface area contributed by atoms with Gasteiger partial charge in [0.1, 0.15) is 11.5 Å². The number of carbonyl (C=O) groups is 3. The molecule has 10 heteroatoms. The number of hydrazone groups is 1. The van der Waals surface area contributed by atoms with Crippen molar-refractivity contribution in [2.24, 2.45) is 28.8 Å². The second-order valence-electron chi connectivity index (χ2n) is 8.33. The highest BCUT2D eigenvalue weighted by Crippen LogP contribution is 2.52. The molecule has 0 unspecified atom stereocenters. The van der Waals surface area contributed by atoms with Crippen LogP contribution in [0.2, 0.25) is 0 Å². The van der Waals surface area contributed by atoms with Crippen LogP contribution >= 0.6 is 0 Å². The fourth-order valence-corrected chi connectivity index (χ4v) is 4.85. The van der Waals surface area contributed by atoms with E-state index in [1.165, 1.54) is 31.4 Å². The Kier molecular flexibility index (Phi) is 5.20. The minimum atomic E-state index is -0.698. The van der Waals surface area contributed by atoms with Crippen molar-refractivity contribution < 1.29 is 28.8 Å². The lowest BCUT2D eigenvalue weighted by molar-refractivity contribution is -0.384. The molecule has 2 amide bonds. The lowest BCUT2D eigenvalue weighted by Crippen LogP contribution is -2.28. The Morgan fingerprint density at radius 3 is 2.32 bits per heavy atom. The third-order valence-corrected chi connectivity index (χ3v) is 6.49. The van der Waals surface area contributed by atoms with E-state index in [9.17, 15) is 24.5 Å². The number of rotatable bonds is 6. The van der Waals surface area contributed by atoms with Gasteiger partial charge in [0, 0.05) is 17.7 Å². The van der Waals surface area contributed by atoms with Gasteiger partial charge in [-0.3, -0.25) is 19.7 Å². The highest BCUT2D eigenvalue weighted by molar-refractivity contribution is 6.07. The molecule has 2 fully saturated rings. The van der Waals surface area contributed by atoms with Gasteiger partial charge in [-0.15, -0.1) is 0 Å². The number of imide groups is 1. The number of amides is 2. The van der Waals surface area contributed by atoms with Gasteiger partial charge in [0.2, 0.25) is 0 Å². The molecule has 3 aliphatic rings. The summed E-state index contributed by atoms with van der Waals surface area (Å²) >= 11 is 0. The van der Waals surface area contributed by atoms with Crippen LogP contribution in [0.3, 0.4) is 0 Å². The normalized spacial score (nSPS) is 24.7. The number of nitro groups is 1. The minimum absolute atomic E-state index is 0.00352. The van der Waals surface area contributed by atoms with Crippen molar-refractivity contribution in [2.75, 3.05) is 7.11 Å². The van der Waals surface area contributed by atoms with E-state index in [-0.39, 0.29) is 46.2 Å². The van der Waals surface area contributed by atoms with Crippen molar-refractivity contribution in [1.82, 2.24) is 5.01 Å². The number of benzene rings is 2. The summed E-state index contributed by atoms with van der Waals surface area (Å²) in [6, 6.07) is 9.85. The van der Waals surface area contributed by atoms with Crippen LogP contribution in [0, 0.1) is 33.8 Å². The standard InChI is InChI=1S/C24H19N3O7/c1-33-18-7-4-13(5-8-18)24(30)34-19-9-6-17(27(31)32)11-16(19)12-25-26-22(28)20-14-2-3-15(10-14)21(20)23(26)29/h2-9,11-12,14-15,20-21H,10H2,1H3/t14-,15-,20-,21+/m0/s1. The second-order valence-corrected chi connectivity index (χ2v) is 8.33. The number of methoxy groups -OCH3 is 1. The fourth-order valence-electron chi connectivity index (χ4n) is 4.85. The molecule has 2 aromatic rings. The molecule has 1 saturated heterocycles. The summed E-state index contributed by atoms with van der Waals surface area (Å²) in [5.41, 5.74) is 0.0569. The van der Waals surface area contributed by atoms with Crippen LogP contribution in [0.4, 0.5) is 5.69 Å². The predicted octanol–water partition coefficient (Wildman–Crippen LogP) is 2.96. The molecule has 0 spiro atoms. The summed E-state index contributed by atoms with van der Waals surface area (Å²) in [6.07, 6.45) is 5.87. The summed E-state index contributed by atoms with van der Waals surface area (Å²) < 4.78 is 10.5. The quantitative estimate of drug-likeness (QED) is 0.123. The third kappa shape index (κ3) is 3.53. The maximum atomic E-state index is 12.8. The van der Waals surface area contributed by atoms with E-state index in [2.05, 4.69) is 5.10 Å². The number of hydrogen-bond acceptors (Lipinski definition) is 8. The average Bonchev–Trinajstić information content (AvgIpc) is 3.52. The first-order chi connectivity index (χ1) is 16.4. The SMILES string of the molecule is COc1ccc(C(=O)Oc2ccc([N+](=O)[O-])cc2C=NN2C(=O)[C@@H]3[C@H](C2=O)[C@H]2C=C[C@H]3C2)cc1. The first kappa shape index (κ1) is 21.5. The molecule has 4 atom stereocenters. The molecule has 1 aliphatic heterocycles. The number of fused-ring (bicyclic) bond motifs is 5. The van der Waals surface area contributed by atoms with Crippen LogP contribution in [0.15, 0.2) is 59.7 Å². The van der Waals surface area contributed by atoms with Gasteiger partial charge >= 0.3 is 5.97 Å². The fraction of sp³-hybridized carbons (Fsp3) is 0.250. The number of ether oxygens (including phenoxy) is 2. The highest BCUT2D eigenvalue weighted by atomic mass is 16.6. The molecule has 0 aromatic heterocycles. The van der Waals surface area contributed by atoms with Crippen LogP contribution in [0.1, 0.15) is 22.3 Å². The number of nitro benzene ring substituents is 1. The van der Waals surface area contributed by atoms with Gasteiger partial charge in [0.15, 0.2) is 0 Å². The first-order valence-corrected chi connectivity index (χ1v) is 10.6. The van der Waals surface area contributed by atoms with Gasteiger partial charge in [-0.2, -0.15) is 10.1 Å². The zero-order valence-corrected chi connectivity index (χ0v) is 18.0. The third-order valence-electron chi connectivity index (χ3n) is 6.49. The van der Waals surface area contributed by atoms with Crippen molar-refractivity contribution in [3.8, 4) is 11.5 Å². The number of hydrogen-bond donors (Lipinski definition) is 0. The Bertz CT molecular complexity index is 1240. The van der Waals surface area contributed by atoms with E-state index in [1.54, 1.807) is 12.1 Å². The monoisotopic (exact) mass is 461 g/mol. The van der Waals surface area contributed by atoms with Gasteiger partial charge in [-0.25, -0.2) is 4.79 Å². The highest BCUT2D eigenvalue weighted by Gasteiger charge is 2.59. The number of allylic oxidation sites excluding steroid dienone is 2. The second kappa shape index (κ2) is 8.22. The molecular weight excluding hydrogens is 442 g/mol. The molecule has 0 radical (unpaired) electrons. The van der Waals surface area contributed by atoms with E-state index in [0.717, 1.165) is 23.7 Å². The van der Waals surface area contributed by atoms with E-state index in [1.807, 2.05) is 12.2 Å². The number of esters is 1. The molecule has 1 saturated carbocycles. The summed E-state index contributed by atoms with van der Waals surface area (Å²) in [5, 5.41) is 16.1. The van der Waals surface area contributed by atoms with Crippen LogP contribution in [-0.2, 0) is 9.59 Å². The summed E-state index contributed by atoms with van der Waals surface area (Å²) in [6.45, 7) is 0. The molecule has 0 N–H and O–H groups in total. The van der Waals surface area contributed by atoms with Gasteiger partial charge in [0.05, 0.1) is 35.6 Å². The Labute approximate surface area is 193 Å². The molecule has 10 nitrogen and oxygen atoms in total. The number of non-ortho nitro benzene ring substituents is 1. The summed E-state index contributed by atoms with van der Waals surface area (Å²) in [7, 11) is 1.50. The molecule has 2 bridgehead atoms. The van der Waals surface area contributed by atoms with E-state index < -0.39 is 22.7 Å². The molecule has 34 heavy (non-hydrogen) atoms. The smallest absolute Gasteiger partial charge is 0.343 e. The Morgan fingerprint density at radius 1 is 1.09 bits per heavy atom. The molecule has 5 rings (SSSR count). The topological polar surface area (TPSA) is 128 Å². The van der Waals surface area contributed by atoms with Crippen LogP contribution in [-0.4, -0.2) is 41.0 Å². The van der Waals surface area contributed by atoms with E-state index in [4.69, 9.17) is 9.47 Å². The molecule has 2 aliphatic carbocycles. The lowest BCUT2D eigenvalue weighted by Gasteiger charge is -2.13. The molecule has 1 heterocycles. The minimum Gasteiger partial charge on any atom is -0.497 e. The maximum absolute atomic E-state index is 12.8. The van der Waals surface area contributed by atoms with Gasteiger partial charge < -0.3 is 9.47 Å². The van der Waals surface area contributed by atoms with Gasteiger partial charge in [0.25, 0.3) is 17.5 Å². The summed E-state index contributed by atoms with van der Waals surface area (Å²) in [5.74, 6) is -1.68. The van der Waals surface area contributed by atoms with Crippen LogP contribution in [0.25, 0.3) is 0 Å². The molecule has 172 valence electrons. The Balaban J connectivity index is 1.41. The summed E-state index contributed by atoms with van der Waals surface area (Å²) in [4.78, 5) is 48.9. The Hall–Kier alpha value is -4.34. The van der Waals surface area contributed by atoms with Crippen molar-refractivity contribution >= 4 is 29.7 Å². The van der Waals surface area contributed by atoms with Gasteiger partial charge in [-0.1, -0.05) is 12.2 Å². The van der Waals surface area contributed by atoms with Crippen molar-refractivity contribution in [1.29, 1.82) is 0 Å². The first-order valence-electron chi connectivity index (χ1n) is 10.6. The largest absolute Gasteiger partial charge is 0.497 e. The number of carbonyl (C=O) groups excluding carboxylic acids is 3. The molecular formula is C24H19N3O7. The maximum Gasteiger partial charge on any atom is 0.343 e. The number of nitrogens with zero attached hydrogens (tertiary/aromatic N) is 3. The zero-order chi connectivity index (χ0) is 24.0. The van der Waals surface area contributed by atoms with Gasteiger partial charge in [-0.05, 0) is 48.6 Å². The zero-order valence-electron chi connectivity index (χ0n) is 18.0.